The first-order valence-electron chi connectivity index (χ1n) is 9.53. The molecule has 0 saturated carbocycles. The summed E-state index contributed by atoms with van der Waals surface area (Å²) < 4.78 is 2.27. The van der Waals surface area contributed by atoms with Crippen LogP contribution in [-0.2, 0) is 11.5 Å². The molecule has 0 amide bonds. The van der Waals surface area contributed by atoms with E-state index in [2.05, 4.69) is 129 Å². The molecule has 0 N–H and O–H groups in total. The Balaban J connectivity index is 0.000000171. The normalized spacial score (nSPS) is 10.2. The largest absolute Gasteiger partial charge is 0.121 e. The molecule has 0 heterocycles. The van der Waals surface area contributed by atoms with Crippen molar-refractivity contribution in [2.75, 3.05) is 0 Å². The fraction of sp³-hybridized carbons (Fsp3) is 0.0769. The van der Waals surface area contributed by atoms with Gasteiger partial charge in [0.25, 0.3) is 0 Å². The lowest BCUT2D eigenvalue weighted by Crippen LogP contribution is -1.79. The summed E-state index contributed by atoms with van der Waals surface area (Å²) in [4.78, 5) is 2.64. The highest BCUT2D eigenvalue weighted by molar-refractivity contribution is 9.10. The zero-order valence-corrected chi connectivity index (χ0v) is 21.2. The van der Waals surface area contributed by atoms with Gasteiger partial charge < -0.3 is 0 Å². The second kappa shape index (κ2) is 13.1. The average molecular weight is 558 g/mol. The van der Waals surface area contributed by atoms with E-state index < -0.39 is 0 Å². The van der Waals surface area contributed by atoms with Gasteiger partial charge in [0, 0.05) is 30.2 Å². The van der Waals surface area contributed by atoms with E-state index in [0.29, 0.717) is 0 Å². The maximum absolute atomic E-state index is 3.43. The lowest BCUT2D eigenvalue weighted by Gasteiger charge is -2.01. The molecule has 4 aromatic carbocycles. The van der Waals surface area contributed by atoms with Gasteiger partial charge in [0.05, 0.1) is 0 Å². The van der Waals surface area contributed by atoms with Gasteiger partial charge in [0.1, 0.15) is 0 Å². The van der Waals surface area contributed by atoms with Crippen LogP contribution in [0, 0.1) is 0 Å². The molecule has 0 atom stereocenters. The van der Waals surface area contributed by atoms with Crippen LogP contribution in [0.5, 0.6) is 0 Å². The van der Waals surface area contributed by atoms with Crippen LogP contribution < -0.4 is 0 Å². The summed E-state index contributed by atoms with van der Waals surface area (Å²) in [5.74, 6) is 2.05. The minimum atomic E-state index is 1.03. The van der Waals surface area contributed by atoms with Gasteiger partial charge in [-0.2, -0.15) is 0 Å². The molecule has 152 valence electrons. The average Bonchev–Trinajstić information content (AvgIpc) is 2.80. The molecule has 4 heteroatoms. The van der Waals surface area contributed by atoms with E-state index in [1.54, 1.807) is 0 Å². The van der Waals surface area contributed by atoms with E-state index in [1.165, 1.54) is 20.9 Å². The molecule has 4 rings (SSSR count). The second-order valence-corrected chi connectivity index (χ2v) is 10.4. The molecule has 0 unspecified atom stereocenters. The smallest absolute Gasteiger partial charge is 0.0232 e. The second-order valence-electron chi connectivity index (χ2n) is 6.46. The van der Waals surface area contributed by atoms with Crippen molar-refractivity contribution in [1.29, 1.82) is 0 Å². The van der Waals surface area contributed by atoms with E-state index in [9.17, 15) is 0 Å². The van der Waals surface area contributed by atoms with Crippen LogP contribution in [0.4, 0.5) is 0 Å². The van der Waals surface area contributed by atoms with E-state index in [1.807, 2.05) is 35.7 Å². The van der Waals surface area contributed by atoms with Crippen LogP contribution >= 0.6 is 55.4 Å². The summed E-state index contributed by atoms with van der Waals surface area (Å²) in [5.41, 5.74) is 2.71. The summed E-state index contributed by atoms with van der Waals surface area (Å²) in [6, 6.07) is 37.9. The van der Waals surface area contributed by atoms with Crippen LogP contribution in [0.1, 0.15) is 11.1 Å². The van der Waals surface area contributed by atoms with E-state index >= 15 is 0 Å². The van der Waals surface area contributed by atoms with Gasteiger partial charge in [-0.3, -0.25) is 0 Å². The molecule has 30 heavy (non-hydrogen) atoms. The zero-order chi connectivity index (χ0) is 21.0. The number of rotatable bonds is 6. The predicted octanol–water partition coefficient (Wildman–Crippen LogP) is 9.48. The summed E-state index contributed by atoms with van der Waals surface area (Å²) in [5, 5.41) is 0. The summed E-state index contributed by atoms with van der Waals surface area (Å²) in [6.45, 7) is 0. The topological polar surface area (TPSA) is 0 Å². The van der Waals surface area contributed by atoms with Gasteiger partial charge in [0.2, 0.25) is 0 Å². The Morgan fingerprint density at radius 3 is 1.10 bits per heavy atom. The molecule has 0 aliphatic carbocycles. The van der Waals surface area contributed by atoms with Crippen molar-refractivity contribution in [3.63, 3.8) is 0 Å². The van der Waals surface area contributed by atoms with Crippen LogP contribution in [-0.4, -0.2) is 0 Å². The first-order valence-corrected chi connectivity index (χ1v) is 13.1. The van der Waals surface area contributed by atoms with Crippen LogP contribution in [0.2, 0.25) is 0 Å². The summed E-state index contributed by atoms with van der Waals surface area (Å²) >= 11 is 10.6. The molecule has 0 bridgehead atoms. The summed E-state index contributed by atoms with van der Waals surface area (Å²) in [7, 11) is 0. The molecule has 0 aliphatic heterocycles. The third-order valence-corrected chi connectivity index (χ3v) is 7.35. The first kappa shape index (κ1) is 23.2. The molecule has 0 saturated heterocycles. The molecule has 0 spiro atoms. The van der Waals surface area contributed by atoms with Crippen molar-refractivity contribution >= 4 is 55.4 Å². The lowest BCUT2D eigenvalue weighted by molar-refractivity contribution is 1.37. The SMILES string of the molecule is Brc1ccc(CSc2ccccc2)cc1.Brc1ccc(CSc2ccccc2)cc1. The van der Waals surface area contributed by atoms with Gasteiger partial charge in [-0.05, 0) is 59.7 Å². The molecule has 0 nitrogen and oxygen atoms in total. The maximum atomic E-state index is 3.43. The Kier molecular flexibility index (Phi) is 10.1. The number of thioether (sulfide) groups is 2. The Labute approximate surface area is 204 Å². The number of halogens is 2. The van der Waals surface area contributed by atoms with Gasteiger partial charge in [-0.25, -0.2) is 0 Å². The third-order valence-electron chi connectivity index (χ3n) is 4.12. The molecule has 4 aromatic rings. The molecule has 0 aromatic heterocycles. The van der Waals surface area contributed by atoms with E-state index in [4.69, 9.17) is 0 Å². The third kappa shape index (κ3) is 8.73. The molecule has 0 radical (unpaired) electrons. The monoisotopic (exact) mass is 556 g/mol. The fourth-order valence-electron chi connectivity index (χ4n) is 2.53. The molecular weight excluding hydrogens is 536 g/mol. The standard InChI is InChI=1S/2C13H11BrS/c2*14-12-8-6-11(7-9-12)10-15-13-4-2-1-3-5-13/h2*1-9H,10H2. The zero-order valence-electron chi connectivity index (χ0n) is 16.4. The lowest BCUT2D eigenvalue weighted by atomic mass is 10.2. The van der Waals surface area contributed by atoms with Gasteiger partial charge in [0.15, 0.2) is 0 Å². The van der Waals surface area contributed by atoms with Crippen LogP contribution in [0.3, 0.4) is 0 Å². The van der Waals surface area contributed by atoms with E-state index in [-0.39, 0.29) is 0 Å². The number of hydrogen-bond acceptors (Lipinski definition) is 2. The van der Waals surface area contributed by atoms with Gasteiger partial charge in [-0.1, -0.05) is 92.5 Å². The highest BCUT2D eigenvalue weighted by atomic mass is 79.9. The Morgan fingerprint density at radius 2 is 0.767 bits per heavy atom. The Hall–Kier alpha value is -1.46. The highest BCUT2D eigenvalue weighted by Gasteiger charge is 1.96. The minimum Gasteiger partial charge on any atom is -0.121 e. The molecule has 0 aliphatic rings. The van der Waals surface area contributed by atoms with Crippen molar-refractivity contribution in [3.8, 4) is 0 Å². The number of benzene rings is 4. The molecular formula is C26H22Br2S2. The van der Waals surface area contributed by atoms with Crippen molar-refractivity contribution in [1.82, 2.24) is 0 Å². The van der Waals surface area contributed by atoms with Crippen LogP contribution in [0.25, 0.3) is 0 Å². The van der Waals surface area contributed by atoms with Gasteiger partial charge in [-0.15, -0.1) is 23.5 Å². The van der Waals surface area contributed by atoms with Crippen molar-refractivity contribution in [2.24, 2.45) is 0 Å². The van der Waals surface area contributed by atoms with Crippen molar-refractivity contribution in [2.45, 2.75) is 21.3 Å². The maximum Gasteiger partial charge on any atom is 0.0232 e. The predicted molar refractivity (Wildman–Crippen MR) is 140 cm³/mol. The summed E-state index contributed by atoms with van der Waals surface area (Å²) in [6.07, 6.45) is 0. The van der Waals surface area contributed by atoms with Crippen molar-refractivity contribution < 1.29 is 0 Å². The highest BCUT2D eigenvalue weighted by Crippen LogP contribution is 2.24. The minimum absolute atomic E-state index is 1.03. The quantitative estimate of drug-likeness (QED) is 0.216. The van der Waals surface area contributed by atoms with Crippen LogP contribution in [0.15, 0.2) is 128 Å². The Bertz CT molecular complexity index is 902. The number of hydrogen-bond donors (Lipinski definition) is 0. The van der Waals surface area contributed by atoms with E-state index in [0.717, 1.165) is 20.5 Å². The van der Waals surface area contributed by atoms with Gasteiger partial charge >= 0.3 is 0 Å². The fourth-order valence-corrected chi connectivity index (χ4v) is 4.81. The first-order chi connectivity index (χ1) is 14.7. The van der Waals surface area contributed by atoms with Crippen molar-refractivity contribution in [3.05, 3.63) is 129 Å². The Morgan fingerprint density at radius 1 is 0.433 bits per heavy atom. The molecule has 0 fully saturated rings.